The molecule has 3 nitrogen and oxygen atoms in total. The van der Waals surface area contributed by atoms with Crippen molar-refractivity contribution in [1.29, 1.82) is 0 Å². The second-order valence-electron chi connectivity index (χ2n) is 5.16. The van der Waals surface area contributed by atoms with E-state index >= 15 is 0 Å². The summed E-state index contributed by atoms with van der Waals surface area (Å²) in [6.45, 7) is 4.86. The molecule has 0 atom stereocenters. The molecule has 0 radical (unpaired) electrons. The molecule has 3 rings (SSSR count). The average Bonchev–Trinajstić information content (AvgIpc) is 2.52. The van der Waals surface area contributed by atoms with E-state index in [1.54, 1.807) is 0 Å². The van der Waals surface area contributed by atoms with Gasteiger partial charge in [0.1, 0.15) is 0 Å². The van der Waals surface area contributed by atoms with Gasteiger partial charge >= 0.3 is 0 Å². The molecule has 3 heteroatoms. The number of para-hydroxylation sites is 1. The molecule has 0 unspecified atom stereocenters. The quantitative estimate of drug-likeness (QED) is 0.779. The lowest BCUT2D eigenvalue weighted by Crippen LogP contribution is -2.04. The van der Waals surface area contributed by atoms with E-state index in [1.807, 2.05) is 37.3 Å². The second-order valence-corrected chi connectivity index (χ2v) is 5.16. The predicted molar refractivity (Wildman–Crippen MR) is 87.4 cm³/mol. The molecular formula is C18H19N3. The molecule has 0 spiro atoms. The maximum atomic E-state index is 4.67. The first kappa shape index (κ1) is 13.6. The topological polar surface area (TPSA) is 37.8 Å². The Labute approximate surface area is 125 Å². The van der Waals surface area contributed by atoms with Crippen LogP contribution >= 0.6 is 0 Å². The largest absolute Gasteiger partial charge is 0.379 e. The number of benzene rings is 1. The van der Waals surface area contributed by atoms with Gasteiger partial charge in [0, 0.05) is 22.5 Å². The maximum Gasteiger partial charge on any atom is 0.0726 e. The molecule has 106 valence electrons. The minimum atomic E-state index is 0.721. The number of hydrogen-bond acceptors (Lipinski definition) is 3. The van der Waals surface area contributed by atoms with Gasteiger partial charge in [-0.15, -0.1) is 0 Å². The van der Waals surface area contributed by atoms with Crippen LogP contribution in [0.5, 0.6) is 0 Å². The third-order valence-corrected chi connectivity index (χ3v) is 3.54. The van der Waals surface area contributed by atoms with Gasteiger partial charge in [-0.25, -0.2) is 0 Å². The summed E-state index contributed by atoms with van der Waals surface area (Å²) in [5.41, 5.74) is 5.36. The van der Waals surface area contributed by atoms with Gasteiger partial charge in [0.2, 0.25) is 0 Å². The molecule has 1 N–H and O–H groups in total. The molecule has 0 saturated heterocycles. The van der Waals surface area contributed by atoms with Crippen LogP contribution in [0, 0.1) is 6.92 Å². The number of fused-ring (bicyclic) bond motifs is 1. The van der Waals surface area contributed by atoms with Crippen molar-refractivity contribution < 1.29 is 0 Å². The minimum absolute atomic E-state index is 0.721. The number of hydrogen-bond donors (Lipinski definition) is 1. The number of nitrogens with one attached hydrogen (secondary N) is 1. The number of pyridine rings is 2. The molecule has 0 aliphatic rings. The van der Waals surface area contributed by atoms with Crippen molar-refractivity contribution in [2.45, 2.75) is 26.8 Å². The fourth-order valence-electron chi connectivity index (χ4n) is 2.44. The van der Waals surface area contributed by atoms with Crippen LogP contribution in [-0.4, -0.2) is 9.97 Å². The molecule has 1 aromatic carbocycles. The predicted octanol–water partition coefficient (Wildman–Crippen LogP) is 4.11. The van der Waals surface area contributed by atoms with E-state index in [2.05, 4.69) is 40.4 Å². The zero-order valence-corrected chi connectivity index (χ0v) is 12.4. The van der Waals surface area contributed by atoms with Gasteiger partial charge in [0.05, 0.1) is 17.8 Å². The Morgan fingerprint density at radius 2 is 1.81 bits per heavy atom. The van der Waals surface area contributed by atoms with Crippen LogP contribution in [0.3, 0.4) is 0 Å². The van der Waals surface area contributed by atoms with Gasteiger partial charge in [-0.05, 0) is 37.6 Å². The zero-order valence-electron chi connectivity index (χ0n) is 12.4. The summed E-state index contributed by atoms with van der Waals surface area (Å²) in [4.78, 5) is 9.20. The molecule has 0 fully saturated rings. The van der Waals surface area contributed by atoms with Crippen molar-refractivity contribution in [3.05, 3.63) is 65.6 Å². The summed E-state index contributed by atoms with van der Waals surface area (Å²) in [5, 5.41) is 4.66. The molecule has 3 aromatic rings. The number of rotatable bonds is 4. The highest BCUT2D eigenvalue weighted by molar-refractivity contribution is 5.91. The van der Waals surface area contributed by atoms with Gasteiger partial charge in [-0.1, -0.05) is 31.2 Å². The molecule has 2 heterocycles. The Bertz CT molecular complexity index is 765. The first-order valence-corrected chi connectivity index (χ1v) is 7.31. The Morgan fingerprint density at radius 3 is 2.62 bits per heavy atom. The normalized spacial score (nSPS) is 10.8. The minimum Gasteiger partial charge on any atom is -0.379 e. The Kier molecular flexibility index (Phi) is 3.82. The molecule has 0 aliphatic carbocycles. The van der Waals surface area contributed by atoms with Gasteiger partial charge < -0.3 is 5.32 Å². The van der Waals surface area contributed by atoms with Gasteiger partial charge in [-0.2, -0.15) is 0 Å². The SMILES string of the molecule is CCc1cc(NCc2cccc(C)n2)c2ccccc2n1. The van der Waals surface area contributed by atoms with Gasteiger partial charge in [0.25, 0.3) is 0 Å². The maximum absolute atomic E-state index is 4.67. The molecular weight excluding hydrogens is 258 g/mol. The molecule has 2 aromatic heterocycles. The van der Waals surface area contributed by atoms with Crippen molar-refractivity contribution >= 4 is 16.6 Å². The van der Waals surface area contributed by atoms with E-state index < -0.39 is 0 Å². The monoisotopic (exact) mass is 277 g/mol. The van der Waals surface area contributed by atoms with E-state index in [0.29, 0.717) is 0 Å². The number of nitrogens with zero attached hydrogens (tertiary/aromatic N) is 2. The fraction of sp³-hybridized carbons (Fsp3) is 0.222. The average molecular weight is 277 g/mol. The van der Waals surface area contributed by atoms with E-state index in [0.717, 1.165) is 46.6 Å². The van der Waals surface area contributed by atoms with Crippen molar-refractivity contribution in [3.8, 4) is 0 Å². The lowest BCUT2D eigenvalue weighted by Gasteiger charge is -2.11. The highest BCUT2D eigenvalue weighted by Crippen LogP contribution is 2.23. The summed E-state index contributed by atoms with van der Waals surface area (Å²) in [6.07, 6.45) is 0.933. The van der Waals surface area contributed by atoms with E-state index in [-0.39, 0.29) is 0 Å². The highest BCUT2D eigenvalue weighted by Gasteiger charge is 2.05. The summed E-state index contributed by atoms with van der Waals surface area (Å²) >= 11 is 0. The summed E-state index contributed by atoms with van der Waals surface area (Å²) in [5.74, 6) is 0. The number of anilines is 1. The van der Waals surface area contributed by atoms with E-state index in [4.69, 9.17) is 0 Å². The first-order valence-electron chi connectivity index (χ1n) is 7.31. The van der Waals surface area contributed by atoms with Crippen molar-refractivity contribution in [2.75, 3.05) is 5.32 Å². The van der Waals surface area contributed by atoms with Crippen LogP contribution < -0.4 is 5.32 Å². The lowest BCUT2D eigenvalue weighted by molar-refractivity contribution is 1.01. The smallest absolute Gasteiger partial charge is 0.0726 e. The third-order valence-electron chi connectivity index (χ3n) is 3.54. The van der Waals surface area contributed by atoms with Gasteiger partial charge in [0.15, 0.2) is 0 Å². The third kappa shape index (κ3) is 3.02. The van der Waals surface area contributed by atoms with Crippen LogP contribution in [0.2, 0.25) is 0 Å². The van der Waals surface area contributed by atoms with Crippen LogP contribution in [0.1, 0.15) is 24.0 Å². The second kappa shape index (κ2) is 5.92. The highest BCUT2D eigenvalue weighted by atomic mass is 14.9. The zero-order chi connectivity index (χ0) is 14.7. The lowest BCUT2D eigenvalue weighted by atomic mass is 10.1. The summed E-state index contributed by atoms with van der Waals surface area (Å²) < 4.78 is 0. The van der Waals surface area contributed by atoms with Crippen molar-refractivity contribution in [1.82, 2.24) is 9.97 Å². The van der Waals surface area contributed by atoms with Crippen molar-refractivity contribution in [2.24, 2.45) is 0 Å². The van der Waals surface area contributed by atoms with Crippen LogP contribution in [0.25, 0.3) is 10.9 Å². The van der Waals surface area contributed by atoms with Gasteiger partial charge in [-0.3, -0.25) is 9.97 Å². The molecule has 0 amide bonds. The molecule has 0 aliphatic heterocycles. The fourth-order valence-corrected chi connectivity index (χ4v) is 2.44. The summed E-state index contributed by atoms with van der Waals surface area (Å²) in [6, 6.07) is 16.5. The Morgan fingerprint density at radius 1 is 0.952 bits per heavy atom. The van der Waals surface area contributed by atoms with Crippen LogP contribution in [0.15, 0.2) is 48.5 Å². The standard InChI is InChI=1S/C18H19N3/c1-3-14-11-18(16-9-4-5-10-17(16)21-14)19-12-15-8-6-7-13(2)20-15/h4-11H,3,12H2,1-2H3,(H,19,21). The van der Waals surface area contributed by atoms with Crippen LogP contribution in [-0.2, 0) is 13.0 Å². The Balaban J connectivity index is 1.92. The van der Waals surface area contributed by atoms with E-state index in [9.17, 15) is 0 Å². The number of aryl methyl sites for hydroxylation is 2. The molecule has 0 bridgehead atoms. The molecule has 21 heavy (non-hydrogen) atoms. The van der Waals surface area contributed by atoms with Crippen LogP contribution in [0.4, 0.5) is 5.69 Å². The molecule has 0 saturated carbocycles. The van der Waals surface area contributed by atoms with E-state index in [1.165, 1.54) is 0 Å². The number of aromatic nitrogens is 2. The summed E-state index contributed by atoms with van der Waals surface area (Å²) in [7, 11) is 0. The Hall–Kier alpha value is -2.42. The first-order chi connectivity index (χ1) is 10.3. The van der Waals surface area contributed by atoms with Crippen molar-refractivity contribution in [3.63, 3.8) is 0 Å².